The predicted molar refractivity (Wildman–Crippen MR) is 131 cm³/mol. The molecule has 2 aliphatic rings. The molecule has 1 aromatic carbocycles. The van der Waals surface area contributed by atoms with Gasteiger partial charge in [-0.3, -0.25) is 4.79 Å². The van der Waals surface area contributed by atoms with Crippen LogP contribution in [0.15, 0.2) is 18.2 Å². The summed E-state index contributed by atoms with van der Waals surface area (Å²) in [7, 11) is 2.06. The first-order chi connectivity index (χ1) is 16.4. The maximum absolute atomic E-state index is 15.0. The summed E-state index contributed by atoms with van der Waals surface area (Å²) in [5, 5.41) is 6.54. The quantitative estimate of drug-likeness (QED) is 0.539. The van der Waals surface area contributed by atoms with E-state index in [4.69, 9.17) is 10.5 Å². The molecule has 4 N–H and O–H groups in total. The molecule has 0 atom stereocenters. The molecule has 0 radical (unpaired) electrons. The number of nitrogens with two attached hydrogens (primary N) is 1. The summed E-state index contributed by atoms with van der Waals surface area (Å²) in [4.78, 5) is 25.7. The van der Waals surface area contributed by atoms with E-state index in [0.717, 1.165) is 45.4 Å². The van der Waals surface area contributed by atoms with Crippen LogP contribution in [0.5, 0.6) is 0 Å². The highest BCUT2D eigenvalue weighted by Gasteiger charge is 2.22. The number of halogens is 1. The monoisotopic (exact) mass is 471 g/mol. The highest BCUT2D eigenvalue weighted by molar-refractivity contribution is 5.96. The summed E-state index contributed by atoms with van der Waals surface area (Å²) in [5.74, 6) is -0.171. The first-order valence-corrected chi connectivity index (χ1v) is 12.0. The zero-order valence-electron chi connectivity index (χ0n) is 19.9. The molecular weight excluding hydrogens is 437 g/mol. The lowest BCUT2D eigenvalue weighted by Gasteiger charge is -2.34. The molecule has 0 unspecified atom stereocenters. The van der Waals surface area contributed by atoms with Crippen LogP contribution in [0.1, 0.15) is 42.4 Å². The van der Waals surface area contributed by atoms with Gasteiger partial charge in [0.15, 0.2) is 17.3 Å². The van der Waals surface area contributed by atoms with Gasteiger partial charge in [0, 0.05) is 51.1 Å². The lowest BCUT2D eigenvalue weighted by molar-refractivity contribution is 0.0903. The number of aromatic nitrogens is 2. The number of carbonyl (C=O) groups excluding carboxylic acids is 1. The molecule has 2 aliphatic heterocycles. The van der Waals surface area contributed by atoms with E-state index in [0.29, 0.717) is 42.5 Å². The average Bonchev–Trinajstić information content (AvgIpc) is 2.82. The lowest BCUT2D eigenvalue weighted by Crippen LogP contribution is -2.44. The fraction of sp³-hybridized carbons (Fsp3) is 0.542. The zero-order valence-corrected chi connectivity index (χ0v) is 19.9. The molecular formula is C24H34FN7O2. The topological polar surface area (TPSA) is 109 Å². The average molecular weight is 472 g/mol. The number of benzene rings is 1. The van der Waals surface area contributed by atoms with Gasteiger partial charge >= 0.3 is 0 Å². The summed E-state index contributed by atoms with van der Waals surface area (Å²) >= 11 is 0. The summed E-state index contributed by atoms with van der Waals surface area (Å²) in [6.07, 6.45) is 3.24. The molecule has 0 saturated carbocycles. The molecule has 2 fully saturated rings. The van der Waals surface area contributed by atoms with Gasteiger partial charge in [0.1, 0.15) is 5.82 Å². The Morgan fingerprint density at radius 3 is 2.56 bits per heavy atom. The number of hydrogen-bond donors (Lipinski definition) is 3. The van der Waals surface area contributed by atoms with Crippen molar-refractivity contribution in [1.29, 1.82) is 0 Å². The number of piperazine rings is 1. The molecule has 1 aromatic heterocycles. The molecule has 0 bridgehead atoms. The minimum Gasteiger partial charge on any atom is -0.381 e. The third kappa shape index (κ3) is 5.74. The largest absolute Gasteiger partial charge is 0.381 e. The SMILES string of the molecule is CCCc1nc(C(N)=O)c(Nc2ccc(N3CCN(C)CC3)c(F)c2)nc1NC1CCOCC1. The summed E-state index contributed by atoms with van der Waals surface area (Å²) in [5.41, 5.74) is 7.42. The van der Waals surface area contributed by atoms with Crippen molar-refractivity contribution in [3.05, 3.63) is 35.4 Å². The van der Waals surface area contributed by atoms with Gasteiger partial charge in [-0.2, -0.15) is 0 Å². The minimum atomic E-state index is -0.681. The third-order valence-electron chi connectivity index (χ3n) is 6.30. The van der Waals surface area contributed by atoms with Crippen molar-refractivity contribution in [2.45, 2.75) is 38.6 Å². The second-order valence-corrected chi connectivity index (χ2v) is 8.94. The Bertz CT molecular complexity index is 1010. The van der Waals surface area contributed by atoms with Gasteiger partial charge in [0.05, 0.1) is 11.4 Å². The molecule has 0 aliphatic carbocycles. The first-order valence-electron chi connectivity index (χ1n) is 12.0. The van der Waals surface area contributed by atoms with Crippen LogP contribution in [0.25, 0.3) is 0 Å². The number of primary amides is 1. The Morgan fingerprint density at radius 1 is 1.18 bits per heavy atom. The van der Waals surface area contributed by atoms with Crippen LogP contribution < -0.4 is 21.3 Å². The third-order valence-corrected chi connectivity index (χ3v) is 6.30. The molecule has 1 amide bonds. The van der Waals surface area contributed by atoms with Crippen LogP contribution in [0.3, 0.4) is 0 Å². The van der Waals surface area contributed by atoms with Crippen molar-refractivity contribution in [3.8, 4) is 0 Å². The molecule has 2 aromatic rings. The fourth-order valence-electron chi connectivity index (χ4n) is 4.32. The number of anilines is 4. The zero-order chi connectivity index (χ0) is 24.1. The van der Waals surface area contributed by atoms with Crippen LogP contribution in [0, 0.1) is 5.82 Å². The van der Waals surface area contributed by atoms with E-state index < -0.39 is 5.91 Å². The standard InChI is InChI=1S/C24H34FN7O2/c1-3-4-19-23(27-16-7-13-34-14-8-16)30-24(21(29-19)22(26)33)28-17-5-6-20(18(25)15-17)32-11-9-31(2)10-12-32/h5-6,15-16H,3-4,7-14H2,1-2H3,(H2,26,33)(H2,27,28,30). The van der Waals surface area contributed by atoms with Crippen molar-refractivity contribution in [2.75, 3.05) is 62.0 Å². The number of nitrogens with zero attached hydrogens (tertiary/aromatic N) is 4. The van der Waals surface area contributed by atoms with E-state index in [1.807, 2.05) is 11.8 Å². The van der Waals surface area contributed by atoms with Gasteiger partial charge in [-0.15, -0.1) is 0 Å². The molecule has 2 saturated heterocycles. The molecule has 184 valence electrons. The number of ether oxygens (including phenoxy) is 1. The van der Waals surface area contributed by atoms with E-state index in [2.05, 4.69) is 32.5 Å². The number of likely N-dealkylation sites (N-methyl/N-ethyl adjacent to an activating group) is 1. The van der Waals surface area contributed by atoms with Gasteiger partial charge in [0.25, 0.3) is 5.91 Å². The Kier molecular flexibility index (Phi) is 7.79. The second kappa shape index (κ2) is 11.0. The van der Waals surface area contributed by atoms with Gasteiger partial charge < -0.3 is 30.9 Å². The normalized spacial score (nSPS) is 17.6. The smallest absolute Gasteiger partial charge is 0.271 e. The predicted octanol–water partition coefficient (Wildman–Crippen LogP) is 2.75. The highest BCUT2D eigenvalue weighted by Crippen LogP contribution is 2.28. The van der Waals surface area contributed by atoms with Crippen LogP contribution in [-0.2, 0) is 11.2 Å². The van der Waals surface area contributed by atoms with Crippen LogP contribution in [0.2, 0.25) is 0 Å². The van der Waals surface area contributed by atoms with Gasteiger partial charge in [-0.1, -0.05) is 13.3 Å². The minimum absolute atomic E-state index is 0.0459. The van der Waals surface area contributed by atoms with E-state index in [9.17, 15) is 9.18 Å². The second-order valence-electron chi connectivity index (χ2n) is 8.94. The van der Waals surface area contributed by atoms with Crippen LogP contribution in [-0.4, -0.2) is 73.3 Å². The van der Waals surface area contributed by atoms with Crippen LogP contribution >= 0.6 is 0 Å². The van der Waals surface area contributed by atoms with Crippen molar-refractivity contribution < 1.29 is 13.9 Å². The Hall–Kier alpha value is -2.98. The van der Waals surface area contributed by atoms with E-state index in [1.54, 1.807) is 12.1 Å². The van der Waals surface area contributed by atoms with E-state index >= 15 is 0 Å². The number of rotatable bonds is 8. The number of carbonyl (C=O) groups is 1. The molecule has 9 nitrogen and oxygen atoms in total. The van der Waals surface area contributed by atoms with Crippen molar-refractivity contribution in [2.24, 2.45) is 5.73 Å². The fourth-order valence-corrected chi connectivity index (χ4v) is 4.32. The van der Waals surface area contributed by atoms with Crippen molar-refractivity contribution in [1.82, 2.24) is 14.9 Å². The van der Waals surface area contributed by atoms with Gasteiger partial charge in [-0.05, 0) is 44.5 Å². The van der Waals surface area contributed by atoms with Crippen molar-refractivity contribution in [3.63, 3.8) is 0 Å². The molecule has 34 heavy (non-hydrogen) atoms. The maximum atomic E-state index is 15.0. The Balaban J connectivity index is 1.60. The highest BCUT2D eigenvalue weighted by atomic mass is 19.1. The number of aryl methyl sites for hydroxylation is 1. The van der Waals surface area contributed by atoms with Crippen LogP contribution in [0.4, 0.5) is 27.4 Å². The van der Waals surface area contributed by atoms with Gasteiger partial charge in [-0.25, -0.2) is 14.4 Å². The number of amides is 1. The number of hydrogen-bond acceptors (Lipinski definition) is 8. The summed E-state index contributed by atoms with van der Waals surface area (Å²) in [6, 6.07) is 5.18. The molecule has 10 heteroatoms. The van der Waals surface area contributed by atoms with Crippen molar-refractivity contribution >= 4 is 28.9 Å². The molecule has 3 heterocycles. The lowest BCUT2D eigenvalue weighted by atomic mass is 10.1. The van der Waals surface area contributed by atoms with E-state index in [1.165, 1.54) is 6.07 Å². The maximum Gasteiger partial charge on any atom is 0.271 e. The summed E-state index contributed by atoms with van der Waals surface area (Å²) in [6.45, 7) is 6.76. The van der Waals surface area contributed by atoms with E-state index in [-0.39, 0.29) is 23.4 Å². The first kappa shape index (κ1) is 24.2. The number of nitrogens with one attached hydrogen (secondary N) is 2. The molecule has 4 rings (SSSR count). The Morgan fingerprint density at radius 2 is 1.91 bits per heavy atom. The van der Waals surface area contributed by atoms with Gasteiger partial charge in [0.2, 0.25) is 0 Å². The molecule has 0 spiro atoms. The Labute approximate surface area is 199 Å². The summed E-state index contributed by atoms with van der Waals surface area (Å²) < 4.78 is 20.4.